The van der Waals surface area contributed by atoms with Crippen LogP contribution in [0, 0.1) is 6.92 Å². The molecule has 32 heavy (non-hydrogen) atoms. The van der Waals surface area contributed by atoms with Gasteiger partial charge in [0.1, 0.15) is 11.7 Å². The third-order valence-electron chi connectivity index (χ3n) is 5.20. The summed E-state index contributed by atoms with van der Waals surface area (Å²) in [4.78, 5) is 26.6. The minimum Gasteiger partial charge on any atom is -0.444 e. The third-order valence-corrected chi connectivity index (χ3v) is 5.20. The lowest BCUT2D eigenvalue weighted by Gasteiger charge is -2.29. The second-order valence-corrected chi connectivity index (χ2v) is 8.90. The largest absolute Gasteiger partial charge is 0.444 e. The molecule has 2 aromatic carbocycles. The molecule has 2 amide bonds. The molecule has 3 rings (SSSR count). The van der Waals surface area contributed by atoms with E-state index < -0.39 is 17.8 Å². The number of anilines is 1. The maximum absolute atomic E-state index is 13.5. The van der Waals surface area contributed by atoms with Crippen LogP contribution >= 0.6 is 0 Å². The molecule has 0 fully saturated rings. The molecule has 1 aliphatic heterocycles. The topological polar surface area (TPSA) is 78.9 Å². The number of aryl methyl sites for hydroxylation is 1. The predicted molar refractivity (Wildman–Crippen MR) is 121 cm³/mol. The van der Waals surface area contributed by atoms with Gasteiger partial charge in [0.2, 0.25) is 0 Å². The molecule has 1 heterocycles. The molecule has 0 radical (unpaired) electrons. The number of benzene rings is 2. The Balaban J connectivity index is 1.72. The van der Waals surface area contributed by atoms with Gasteiger partial charge in [-0.15, -0.1) is 0 Å². The van der Waals surface area contributed by atoms with Crippen LogP contribution in [0.5, 0.6) is 0 Å². The lowest BCUT2D eigenvalue weighted by atomic mass is 9.93. The lowest BCUT2D eigenvalue weighted by molar-refractivity contribution is 0.0529. The first-order valence-corrected chi connectivity index (χ1v) is 10.5. The first kappa shape index (κ1) is 23.5. The SMILES string of the molecule is Cc1ccc(N2CCc3cc(C(O)/C(=C\F)CNC(=O)OC(C)(C)C)ccc3C2=O)cc1. The van der Waals surface area contributed by atoms with Crippen LogP contribution in [0.2, 0.25) is 0 Å². The fraction of sp³-hybridized carbons (Fsp3) is 0.360. The molecule has 0 bridgehead atoms. The Bertz CT molecular complexity index is 1030. The summed E-state index contributed by atoms with van der Waals surface area (Å²) in [6.07, 6.45) is -1.06. The predicted octanol–water partition coefficient (Wildman–Crippen LogP) is 4.61. The van der Waals surface area contributed by atoms with Crippen LogP contribution in [0.15, 0.2) is 54.4 Å². The van der Waals surface area contributed by atoms with Gasteiger partial charge in [0.15, 0.2) is 0 Å². The van der Waals surface area contributed by atoms with Crippen molar-refractivity contribution < 1.29 is 23.8 Å². The Morgan fingerprint density at radius 1 is 1.25 bits per heavy atom. The van der Waals surface area contributed by atoms with Crippen molar-refractivity contribution in [3.05, 3.63) is 76.6 Å². The summed E-state index contributed by atoms with van der Waals surface area (Å²) in [5.74, 6) is -0.107. The number of aliphatic hydroxyl groups excluding tert-OH is 1. The van der Waals surface area contributed by atoms with Crippen molar-refractivity contribution in [2.45, 2.75) is 45.8 Å². The number of halogens is 1. The van der Waals surface area contributed by atoms with Gasteiger partial charge in [-0.2, -0.15) is 0 Å². The molecule has 2 aromatic rings. The number of hydrogen-bond acceptors (Lipinski definition) is 4. The summed E-state index contributed by atoms with van der Waals surface area (Å²) in [5, 5.41) is 13.1. The van der Waals surface area contributed by atoms with Gasteiger partial charge < -0.3 is 20.1 Å². The molecular formula is C25H29FN2O4. The first-order valence-electron chi connectivity index (χ1n) is 10.5. The summed E-state index contributed by atoms with van der Waals surface area (Å²) < 4.78 is 18.6. The molecule has 0 spiro atoms. The minimum atomic E-state index is -1.26. The molecule has 1 unspecified atom stereocenters. The Morgan fingerprint density at radius 3 is 2.56 bits per heavy atom. The molecule has 170 valence electrons. The van der Waals surface area contributed by atoms with Crippen molar-refractivity contribution in [2.24, 2.45) is 0 Å². The van der Waals surface area contributed by atoms with Crippen molar-refractivity contribution in [1.29, 1.82) is 0 Å². The van der Waals surface area contributed by atoms with Crippen LogP contribution in [0.4, 0.5) is 14.9 Å². The summed E-state index contributed by atoms with van der Waals surface area (Å²) in [7, 11) is 0. The summed E-state index contributed by atoms with van der Waals surface area (Å²) in [5.41, 5.74) is 3.08. The van der Waals surface area contributed by atoms with E-state index in [0.717, 1.165) is 16.8 Å². The van der Waals surface area contributed by atoms with E-state index in [1.165, 1.54) is 0 Å². The van der Waals surface area contributed by atoms with Crippen molar-refractivity contribution in [3.63, 3.8) is 0 Å². The van der Waals surface area contributed by atoms with E-state index in [1.807, 2.05) is 31.2 Å². The molecular weight excluding hydrogens is 411 g/mol. The van der Waals surface area contributed by atoms with Crippen LogP contribution in [0.1, 0.15) is 53.9 Å². The number of nitrogens with zero attached hydrogens (tertiary/aromatic N) is 1. The van der Waals surface area contributed by atoms with E-state index in [-0.39, 0.29) is 24.4 Å². The zero-order valence-electron chi connectivity index (χ0n) is 18.8. The smallest absolute Gasteiger partial charge is 0.407 e. The Morgan fingerprint density at radius 2 is 1.94 bits per heavy atom. The van der Waals surface area contributed by atoms with Crippen molar-refractivity contribution in [2.75, 3.05) is 18.0 Å². The number of hydrogen-bond donors (Lipinski definition) is 2. The molecule has 1 aliphatic rings. The van der Waals surface area contributed by atoms with Crippen LogP contribution in [0.3, 0.4) is 0 Å². The van der Waals surface area contributed by atoms with Gasteiger partial charge in [0, 0.05) is 29.9 Å². The number of carbonyl (C=O) groups excluding carboxylic acids is 2. The molecule has 1 atom stereocenters. The van der Waals surface area contributed by atoms with Gasteiger partial charge in [-0.3, -0.25) is 4.79 Å². The highest BCUT2D eigenvalue weighted by molar-refractivity contribution is 6.08. The van der Waals surface area contributed by atoms with Crippen molar-refractivity contribution >= 4 is 17.7 Å². The van der Waals surface area contributed by atoms with Gasteiger partial charge >= 0.3 is 6.09 Å². The standard InChI is InChI=1S/C25H29FN2O4/c1-16-5-8-20(9-6-16)28-12-11-17-13-18(7-10-21(17)23(28)30)22(29)19(14-26)15-27-24(31)32-25(2,3)4/h5-10,13-14,22,29H,11-12,15H2,1-4H3,(H,27,31)/b19-14-. The molecule has 0 saturated heterocycles. The van der Waals surface area contributed by atoms with E-state index >= 15 is 0 Å². The maximum atomic E-state index is 13.5. The lowest BCUT2D eigenvalue weighted by Crippen LogP contribution is -2.37. The quantitative estimate of drug-likeness (QED) is 0.712. The Kier molecular flexibility index (Phi) is 6.99. The molecule has 0 saturated carbocycles. The number of rotatable bonds is 5. The highest BCUT2D eigenvalue weighted by atomic mass is 19.1. The highest BCUT2D eigenvalue weighted by Crippen LogP contribution is 2.29. The number of nitrogens with one attached hydrogen (secondary N) is 1. The zero-order valence-corrected chi connectivity index (χ0v) is 18.8. The van der Waals surface area contributed by atoms with E-state index in [4.69, 9.17) is 4.74 Å². The van der Waals surface area contributed by atoms with E-state index in [0.29, 0.717) is 24.1 Å². The van der Waals surface area contributed by atoms with Gasteiger partial charge in [-0.05, 0) is 63.4 Å². The first-order chi connectivity index (χ1) is 15.1. The van der Waals surface area contributed by atoms with E-state index in [9.17, 15) is 19.1 Å². The summed E-state index contributed by atoms with van der Waals surface area (Å²) >= 11 is 0. The number of carbonyl (C=O) groups is 2. The van der Waals surface area contributed by atoms with Crippen LogP contribution in [-0.2, 0) is 11.2 Å². The van der Waals surface area contributed by atoms with Crippen molar-refractivity contribution in [3.8, 4) is 0 Å². The minimum absolute atomic E-state index is 0.0146. The van der Waals surface area contributed by atoms with Crippen molar-refractivity contribution in [1.82, 2.24) is 5.32 Å². The van der Waals surface area contributed by atoms with Gasteiger partial charge in [0.05, 0.1) is 6.33 Å². The van der Waals surface area contributed by atoms with Crippen LogP contribution in [0.25, 0.3) is 0 Å². The highest BCUT2D eigenvalue weighted by Gasteiger charge is 2.27. The number of ether oxygens (including phenoxy) is 1. The zero-order chi connectivity index (χ0) is 23.5. The molecule has 7 heteroatoms. The van der Waals surface area contributed by atoms with Gasteiger partial charge in [-0.25, -0.2) is 9.18 Å². The average molecular weight is 441 g/mol. The molecule has 0 aliphatic carbocycles. The number of fused-ring (bicyclic) bond motifs is 1. The van der Waals surface area contributed by atoms with E-state index in [1.54, 1.807) is 43.9 Å². The van der Waals surface area contributed by atoms with Crippen LogP contribution in [-0.4, -0.2) is 35.8 Å². The average Bonchev–Trinajstić information content (AvgIpc) is 2.73. The monoisotopic (exact) mass is 440 g/mol. The van der Waals surface area contributed by atoms with Gasteiger partial charge in [0.25, 0.3) is 5.91 Å². The molecule has 6 nitrogen and oxygen atoms in total. The number of alkyl carbamates (subject to hydrolysis) is 1. The molecule has 0 aromatic heterocycles. The third kappa shape index (κ3) is 5.53. The summed E-state index contributed by atoms with van der Waals surface area (Å²) in [6, 6.07) is 12.8. The normalized spacial score (nSPS) is 15.2. The fourth-order valence-electron chi connectivity index (χ4n) is 3.55. The second-order valence-electron chi connectivity index (χ2n) is 8.90. The number of amides is 2. The fourth-order valence-corrected chi connectivity index (χ4v) is 3.55. The van der Waals surface area contributed by atoms with Crippen LogP contribution < -0.4 is 10.2 Å². The molecule has 2 N–H and O–H groups in total. The Labute approximate surface area is 187 Å². The Hall–Kier alpha value is -3.19. The second kappa shape index (κ2) is 9.53. The van der Waals surface area contributed by atoms with Gasteiger partial charge in [-0.1, -0.05) is 29.8 Å². The maximum Gasteiger partial charge on any atom is 0.407 e. The summed E-state index contributed by atoms with van der Waals surface area (Å²) in [6.45, 7) is 7.47. The van der Waals surface area contributed by atoms with E-state index in [2.05, 4.69) is 5.32 Å². The number of aliphatic hydroxyl groups is 1.